The van der Waals surface area contributed by atoms with E-state index in [-0.39, 0.29) is 11.2 Å². The quantitative estimate of drug-likeness (QED) is 0.650. The summed E-state index contributed by atoms with van der Waals surface area (Å²) < 4.78 is 13.3. The van der Waals surface area contributed by atoms with Crippen molar-refractivity contribution >= 4 is 0 Å². The van der Waals surface area contributed by atoms with E-state index >= 15 is 0 Å². The lowest BCUT2D eigenvalue weighted by molar-refractivity contribution is 0.0665. The standard InChI is InChI=1S/C11H13FO/c1-11(2)6-8-7(10(11)13)4-3-5-9(8)12/h3-5,10,13H,6H2,1-2H3. The molecule has 0 spiro atoms. The van der Waals surface area contributed by atoms with Gasteiger partial charge in [0.1, 0.15) is 5.82 Å². The first-order chi connectivity index (χ1) is 6.02. The molecule has 0 fully saturated rings. The highest BCUT2D eigenvalue weighted by Crippen LogP contribution is 2.45. The molecule has 0 saturated carbocycles. The summed E-state index contributed by atoms with van der Waals surface area (Å²) in [7, 11) is 0. The molecule has 70 valence electrons. The first kappa shape index (κ1) is 8.70. The Bertz CT molecular complexity index is 344. The van der Waals surface area contributed by atoms with Crippen LogP contribution in [0.5, 0.6) is 0 Å². The van der Waals surface area contributed by atoms with Crippen molar-refractivity contribution in [3.63, 3.8) is 0 Å². The van der Waals surface area contributed by atoms with Crippen molar-refractivity contribution in [1.82, 2.24) is 0 Å². The highest BCUT2D eigenvalue weighted by Gasteiger charge is 2.38. The van der Waals surface area contributed by atoms with Gasteiger partial charge in [0.2, 0.25) is 0 Å². The molecule has 0 aliphatic heterocycles. The molecule has 0 aromatic heterocycles. The Hall–Kier alpha value is -0.890. The number of hydrogen-bond acceptors (Lipinski definition) is 1. The molecule has 0 bridgehead atoms. The minimum Gasteiger partial charge on any atom is -0.388 e. The topological polar surface area (TPSA) is 20.2 Å². The Labute approximate surface area is 77.2 Å². The normalized spacial score (nSPS) is 24.5. The van der Waals surface area contributed by atoms with Gasteiger partial charge >= 0.3 is 0 Å². The zero-order valence-electron chi connectivity index (χ0n) is 7.84. The molecule has 1 nitrogen and oxygen atoms in total. The average Bonchev–Trinajstić information content (AvgIpc) is 2.28. The molecule has 1 aromatic carbocycles. The van der Waals surface area contributed by atoms with E-state index in [0.717, 1.165) is 5.56 Å². The van der Waals surface area contributed by atoms with Crippen molar-refractivity contribution in [2.75, 3.05) is 0 Å². The maximum absolute atomic E-state index is 13.3. The highest BCUT2D eigenvalue weighted by atomic mass is 19.1. The molecule has 0 heterocycles. The van der Waals surface area contributed by atoms with E-state index < -0.39 is 6.10 Å². The summed E-state index contributed by atoms with van der Waals surface area (Å²) in [4.78, 5) is 0. The summed E-state index contributed by atoms with van der Waals surface area (Å²) in [5.41, 5.74) is 1.20. The number of hydrogen-bond donors (Lipinski definition) is 1. The Kier molecular flexibility index (Phi) is 1.70. The van der Waals surface area contributed by atoms with Gasteiger partial charge in [-0.15, -0.1) is 0 Å². The lowest BCUT2D eigenvalue weighted by atomic mass is 9.87. The molecule has 0 radical (unpaired) electrons. The van der Waals surface area contributed by atoms with E-state index in [2.05, 4.69) is 0 Å². The van der Waals surface area contributed by atoms with E-state index in [1.54, 1.807) is 12.1 Å². The fourth-order valence-corrected chi connectivity index (χ4v) is 1.99. The molecule has 1 unspecified atom stereocenters. The predicted octanol–water partition coefficient (Wildman–Crippen LogP) is 2.44. The van der Waals surface area contributed by atoms with E-state index in [1.807, 2.05) is 13.8 Å². The van der Waals surface area contributed by atoms with Crippen LogP contribution in [0.2, 0.25) is 0 Å². The molecule has 1 N–H and O–H groups in total. The molecule has 1 aromatic rings. The van der Waals surface area contributed by atoms with Crippen LogP contribution in [-0.4, -0.2) is 5.11 Å². The molecule has 1 aliphatic carbocycles. The summed E-state index contributed by atoms with van der Waals surface area (Å²) in [6.07, 6.45) is 0.0918. The third-order valence-electron chi connectivity index (χ3n) is 2.82. The second kappa shape index (κ2) is 2.55. The van der Waals surface area contributed by atoms with Crippen LogP contribution in [0.25, 0.3) is 0 Å². The van der Waals surface area contributed by atoms with E-state index in [1.165, 1.54) is 6.07 Å². The first-order valence-corrected chi connectivity index (χ1v) is 4.48. The van der Waals surface area contributed by atoms with Gasteiger partial charge < -0.3 is 5.11 Å². The van der Waals surface area contributed by atoms with Crippen LogP contribution in [-0.2, 0) is 6.42 Å². The van der Waals surface area contributed by atoms with Crippen molar-refractivity contribution in [3.8, 4) is 0 Å². The van der Waals surface area contributed by atoms with Crippen molar-refractivity contribution < 1.29 is 9.50 Å². The van der Waals surface area contributed by atoms with Crippen LogP contribution < -0.4 is 0 Å². The largest absolute Gasteiger partial charge is 0.388 e. The Morgan fingerprint density at radius 2 is 2.15 bits per heavy atom. The summed E-state index contributed by atoms with van der Waals surface area (Å²) in [5, 5.41) is 9.87. The minimum absolute atomic E-state index is 0.192. The Morgan fingerprint density at radius 3 is 2.77 bits per heavy atom. The minimum atomic E-state index is -0.529. The molecular weight excluding hydrogens is 167 g/mol. The summed E-state index contributed by atoms with van der Waals surface area (Å²) in [6.45, 7) is 3.91. The number of benzene rings is 1. The third kappa shape index (κ3) is 1.17. The van der Waals surface area contributed by atoms with Gasteiger partial charge in [-0.05, 0) is 29.0 Å². The number of aliphatic hydroxyl groups excluding tert-OH is 1. The maximum Gasteiger partial charge on any atom is 0.126 e. The molecule has 13 heavy (non-hydrogen) atoms. The van der Waals surface area contributed by atoms with Gasteiger partial charge in [-0.25, -0.2) is 4.39 Å². The number of aliphatic hydroxyl groups is 1. The monoisotopic (exact) mass is 180 g/mol. The fraction of sp³-hybridized carbons (Fsp3) is 0.455. The third-order valence-corrected chi connectivity index (χ3v) is 2.82. The van der Waals surface area contributed by atoms with Crippen LogP contribution >= 0.6 is 0 Å². The second-order valence-corrected chi connectivity index (χ2v) is 4.38. The molecule has 2 rings (SSSR count). The molecule has 0 saturated heterocycles. The van der Waals surface area contributed by atoms with E-state index in [4.69, 9.17) is 0 Å². The summed E-state index contributed by atoms with van der Waals surface area (Å²) in [6, 6.07) is 4.91. The molecule has 2 heteroatoms. The highest BCUT2D eigenvalue weighted by molar-refractivity contribution is 5.37. The number of rotatable bonds is 0. The lowest BCUT2D eigenvalue weighted by Gasteiger charge is -2.22. The maximum atomic E-state index is 13.3. The van der Waals surface area contributed by atoms with Gasteiger partial charge in [-0.3, -0.25) is 0 Å². The zero-order valence-corrected chi connectivity index (χ0v) is 7.84. The van der Waals surface area contributed by atoms with Crippen molar-refractivity contribution in [1.29, 1.82) is 0 Å². The van der Waals surface area contributed by atoms with Gasteiger partial charge in [-0.1, -0.05) is 26.0 Å². The van der Waals surface area contributed by atoms with Gasteiger partial charge in [-0.2, -0.15) is 0 Å². The molecule has 1 aliphatic rings. The second-order valence-electron chi connectivity index (χ2n) is 4.38. The average molecular weight is 180 g/mol. The number of fused-ring (bicyclic) bond motifs is 1. The first-order valence-electron chi connectivity index (χ1n) is 4.48. The van der Waals surface area contributed by atoms with Gasteiger partial charge in [0.05, 0.1) is 6.10 Å². The number of halogens is 1. The molecule has 0 amide bonds. The van der Waals surface area contributed by atoms with E-state index in [0.29, 0.717) is 12.0 Å². The van der Waals surface area contributed by atoms with Gasteiger partial charge in [0, 0.05) is 0 Å². The van der Waals surface area contributed by atoms with Crippen molar-refractivity contribution in [2.45, 2.75) is 26.4 Å². The van der Waals surface area contributed by atoms with Gasteiger partial charge in [0.15, 0.2) is 0 Å². The van der Waals surface area contributed by atoms with Crippen molar-refractivity contribution in [3.05, 3.63) is 35.1 Å². The zero-order chi connectivity index (χ0) is 9.64. The van der Waals surface area contributed by atoms with E-state index in [9.17, 15) is 9.50 Å². The van der Waals surface area contributed by atoms with Gasteiger partial charge in [0.25, 0.3) is 0 Å². The fourth-order valence-electron chi connectivity index (χ4n) is 1.99. The Morgan fingerprint density at radius 1 is 1.46 bits per heavy atom. The van der Waals surface area contributed by atoms with Crippen LogP contribution in [0.4, 0.5) is 4.39 Å². The SMILES string of the molecule is CC1(C)Cc2c(F)cccc2C1O. The lowest BCUT2D eigenvalue weighted by Crippen LogP contribution is -2.16. The summed E-state index contributed by atoms with van der Waals surface area (Å²) >= 11 is 0. The smallest absolute Gasteiger partial charge is 0.126 e. The summed E-state index contributed by atoms with van der Waals surface area (Å²) in [5.74, 6) is -0.192. The molecule has 1 atom stereocenters. The van der Waals surface area contributed by atoms with Crippen LogP contribution in [0, 0.1) is 11.2 Å². The molecular formula is C11H13FO. The van der Waals surface area contributed by atoms with Crippen molar-refractivity contribution in [2.24, 2.45) is 5.41 Å². The predicted molar refractivity (Wildman–Crippen MR) is 48.8 cm³/mol. The van der Waals surface area contributed by atoms with Crippen LogP contribution in [0.3, 0.4) is 0 Å². The van der Waals surface area contributed by atoms with Crippen LogP contribution in [0.15, 0.2) is 18.2 Å². The Balaban J connectivity index is 2.56. The van der Waals surface area contributed by atoms with Crippen LogP contribution in [0.1, 0.15) is 31.1 Å².